The van der Waals surface area contributed by atoms with Gasteiger partial charge in [-0.1, -0.05) is 335 Å². The van der Waals surface area contributed by atoms with Gasteiger partial charge < -0.3 is 59.5 Å². The summed E-state index contributed by atoms with van der Waals surface area (Å²) in [5.41, 5.74) is 4.78. The maximum Gasteiger partial charge on any atom is 0.320 e. The molecule has 1 aliphatic heterocycles. The first-order valence-electron chi connectivity index (χ1n) is 19.5. The maximum absolute atomic E-state index is 11.2. The molecule has 588 valence electrons. The lowest BCUT2D eigenvalue weighted by molar-refractivity contribution is -0.171. The van der Waals surface area contributed by atoms with Crippen LogP contribution in [-0.2, 0) is 85.9 Å². The van der Waals surface area contributed by atoms with Crippen molar-refractivity contribution in [1.82, 2.24) is 5.32 Å². The summed E-state index contributed by atoms with van der Waals surface area (Å²) >= 11 is 14.3. The molecule has 0 aromatic carbocycles. The molecule has 24 nitrogen and oxygen atoms in total. The zero-order valence-electron chi connectivity index (χ0n) is 38.3. The van der Waals surface area contributed by atoms with Crippen LogP contribution in [0.25, 0.3) is 0 Å². The highest BCUT2D eigenvalue weighted by molar-refractivity contribution is 14.3. The minimum Gasteiger partial charge on any atom is -0.481 e. The van der Waals surface area contributed by atoms with Crippen molar-refractivity contribution in [2.75, 3.05) is 64.3 Å². The molecular formula is C62H157I6N3O21. The molecule has 1 heterocycles. The fourth-order valence-corrected chi connectivity index (χ4v) is 2.52. The molecule has 1 aliphatic rings. The second-order valence-corrected chi connectivity index (χ2v) is 30.4. The van der Waals surface area contributed by atoms with E-state index in [0.717, 1.165) is 1.93 Å². The molecule has 1 rings (SSSR count). The number of carbonyl (C=O) groups excluding carboxylic acids is 10. The van der Waals surface area contributed by atoms with E-state index in [9.17, 15) is 52.7 Å². The normalized spacial score (nSPS) is 7.67. The van der Waals surface area contributed by atoms with Crippen molar-refractivity contribution in [2.45, 2.75) is 273 Å². The summed E-state index contributed by atoms with van der Waals surface area (Å²) in [5, 5.41) is 26.6. The number of nitrogens with two attached hydrogens (primary N) is 1. The molecule has 0 unspecified atom stereocenters. The number of ketones is 3. The zero-order chi connectivity index (χ0) is 54.1. The number of Topliss-reactive ketones (excluding diaryl/α,β-unsaturated/α-hetero) is 3. The number of amides is 1. The van der Waals surface area contributed by atoms with Gasteiger partial charge in [-0.25, -0.2) is 0 Å². The number of aliphatic carboxylic acids is 1. The molecule has 0 atom stereocenters. The summed E-state index contributed by atoms with van der Waals surface area (Å²) in [6, 6.07) is 0. The largest absolute Gasteiger partial charge is 0.481 e. The number of alkyl halides is 6. The fourth-order valence-electron chi connectivity index (χ4n) is 2.52. The molecule has 30 heteroatoms. The average molecular weight is 2040 g/mol. The quantitative estimate of drug-likeness (QED) is 0.0158. The van der Waals surface area contributed by atoms with E-state index >= 15 is 0 Å². The molecule has 0 spiro atoms. The molecule has 6 N–H and O–H groups in total. The maximum atomic E-state index is 11.2. The third kappa shape index (κ3) is 205. The lowest BCUT2D eigenvalue weighted by Gasteiger charge is -2.05. The number of carboxylic acids is 1. The Labute approximate surface area is 653 Å². The molecule has 1 amide bonds. The third-order valence-corrected chi connectivity index (χ3v) is 9.37. The van der Waals surface area contributed by atoms with Gasteiger partial charge in [-0.15, -0.1) is 0 Å². The van der Waals surface area contributed by atoms with Crippen LogP contribution in [-0.4, -0.2) is 152 Å². The average Bonchev–Trinajstić information content (AvgIpc) is 3.73. The molecule has 0 aliphatic carbocycles. The van der Waals surface area contributed by atoms with Gasteiger partial charge in [0.1, 0.15) is 61.9 Å². The van der Waals surface area contributed by atoms with Gasteiger partial charge in [0.25, 0.3) is 0 Å². The first-order valence-corrected chi connectivity index (χ1v) is 26.8. The third-order valence-electron chi connectivity index (χ3n) is 5.32. The highest BCUT2D eigenvalue weighted by Crippen LogP contribution is 2.38. The summed E-state index contributed by atoms with van der Waals surface area (Å²) in [4.78, 5) is 122. The number of rotatable bonds is 23. The van der Waals surface area contributed by atoms with Gasteiger partial charge in [-0.3, -0.25) is 57.7 Å². The van der Waals surface area contributed by atoms with E-state index in [1.165, 1.54) is 38.0 Å². The van der Waals surface area contributed by atoms with E-state index in [2.05, 4.69) is 195 Å². The van der Waals surface area contributed by atoms with Crippen molar-refractivity contribution in [3.8, 4) is 0 Å². The standard InChI is InChI=1S/C10H15NO7.C10H13NO6.C8H10O7.C3H5I3.C3H6I2.C2H5I.C2H7NO.24CH4/c1-7(13)4-9(15)17-6-18-10(16)5-8(14)11-2-3-12;1-7(12)4-9(13)16-6-17-10(14)5-8-11-2-3-15-8;1-5(9)2-7(12)14-4-15-8(13)3-6(10)11;1-2-3(4,5)6;1-2-3(4)5;1-2-3;3-1-2-4;;;;;;;;;;;;;;;;;;;;;;;;/h12H,2-6H2,1H3,(H,11,14);2-6H2,1H3;2-4H2,1H3,(H,10,11);2H2,1H3;3H,2H2,1H3;2H2,1H3;4H,1-3H2;24*1H4. The second kappa shape index (κ2) is 141. The zero-order valence-corrected chi connectivity index (χ0v) is 51.2. The predicted octanol–water partition coefficient (Wildman–Crippen LogP) is 19.4. The van der Waals surface area contributed by atoms with E-state index < -0.39 is 93.8 Å². The van der Waals surface area contributed by atoms with Crippen LogP contribution in [0, 0.1) is 0 Å². The molecule has 0 saturated heterocycles. The number of nitrogens with one attached hydrogen (secondary N) is 1. The Kier molecular flexibility index (Phi) is 304. The van der Waals surface area contributed by atoms with E-state index in [-0.39, 0.29) is 228 Å². The predicted molar refractivity (Wildman–Crippen MR) is 456 cm³/mol. The Morgan fingerprint density at radius 2 is 0.750 bits per heavy atom. The van der Waals surface area contributed by atoms with Crippen molar-refractivity contribution in [3.05, 3.63) is 0 Å². The number of carboxylic acid groups (broad SMARTS) is 1. The van der Waals surface area contributed by atoms with E-state index in [4.69, 9.17) is 25.8 Å². The number of carbonyl (C=O) groups is 11. The number of hydrogen-bond acceptors (Lipinski definition) is 22. The highest BCUT2D eigenvalue weighted by atomic mass is 127. The van der Waals surface area contributed by atoms with Crippen LogP contribution in [0.2, 0.25) is 0 Å². The summed E-state index contributed by atoms with van der Waals surface area (Å²) in [7, 11) is 0. The first kappa shape index (κ1) is 198. The van der Waals surface area contributed by atoms with E-state index in [1.54, 1.807) is 0 Å². The number of aliphatic imine (C=N–C) groups is 1. The van der Waals surface area contributed by atoms with Crippen LogP contribution in [0.4, 0.5) is 0 Å². The Hall–Kier alpha value is -1.50. The Bertz CT molecular complexity index is 1500. The molecule has 0 fully saturated rings. The monoisotopic (exact) mass is 2040 g/mol. The van der Waals surface area contributed by atoms with Crippen molar-refractivity contribution in [2.24, 2.45) is 10.7 Å². The van der Waals surface area contributed by atoms with Crippen molar-refractivity contribution >= 4 is 206 Å². The molecule has 0 aromatic heterocycles. The minimum atomic E-state index is -1.34. The SMILES string of the molecule is C.C.C.C.C.C.C.C.C.C.C.C.C.C.C.C.C.C.C.C.C.C.C.C.CC(=O)CC(=O)OCOC(=O)CC(=O)NCCO.CC(=O)CC(=O)OCOC(=O)CC(=O)O.CC(=O)CC(=O)OCOC(=O)CC1=NCCO1.CCC(I)(I)I.CCC(I)I.CCI.NCCO. The van der Waals surface area contributed by atoms with Gasteiger partial charge in [-0.05, 0) is 38.0 Å². The van der Waals surface area contributed by atoms with Crippen LogP contribution in [0.15, 0.2) is 4.99 Å². The summed E-state index contributed by atoms with van der Waals surface area (Å²) in [5.74, 6) is -7.52. The summed E-state index contributed by atoms with van der Waals surface area (Å²) < 4.78 is 34.0. The number of aliphatic hydroxyl groups excluding tert-OH is 2. The smallest absolute Gasteiger partial charge is 0.320 e. The summed E-state index contributed by atoms with van der Waals surface area (Å²) in [6.07, 6.45) is -0.0348. The van der Waals surface area contributed by atoms with Gasteiger partial charge >= 0.3 is 41.8 Å². The highest BCUT2D eigenvalue weighted by Gasteiger charge is 2.16. The molecular weight excluding hydrogens is 1880 g/mol. The number of esters is 6. The van der Waals surface area contributed by atoms with Gasteiger partial charge in [0.2, 0.25) is 26.3 Å². The van der Waals surface area contributed by atoms with Crippen molar-refractivity contribution in [3.63, 3.8) is 0 Å². The van der Waals surface area contributed by atoms with Gasteiger partial charge in [0.05, 0.1) is 21.7 Å². The number of nitrogens with zero attached hydrogens (tertiary/aromatic N) is 1. The number of aliphatic hydroxyl groups is 2. The molecule has 92 heavy (non-hydrogen) atoms. The van der Waals surface area contributed by atoms with Gasteiger partial charge in [0, 0.05) is 13.1 Å². The topological polar surface area (TPSA) is 363 Å². The van der Waals surface area contributed by atoms with Crippen LogP contribution in [0.5, 0.6) is 0 Å². The van der Waals surface area contributed by atoms with E-state index in [1.807, 2.05) is 0 Å². The van der Waals surface area contributed by atoms with Crippen molar-refractivity contribution < 1.29 is 101 Å². The molecule has 0 aromatic rings. The minimum absolute atomic E-state index is 0. The van der Waals surface area contributed by atoms with E-state index in [0.29, 0.717) is 25.0 Å². The van der Waals surface area contributed by atoms with Crippen LogP contribution in [0.1, 0.15) is 271 Å². The lowest BCUT2D eigenvalue weighted by atomic mass is 10.3. The van der Waals surface area contributed by atoms with Crippen LogP contribution >= 0.6 is 136 Å². The number of hydrogen-bond donors (Lipinski definition) is 5. The fraction of sp³-hybridized carbons (Fsp3) is 0.806. The molecule has 0 radical (unpaired) electrons. The number of ether oxygens (including phenoxy) is 7. The van der Waals surface area contributed by atoms with Crippen LogP contribution < -0.4 is 11.1 Å². The summed E-state index contributed by atoms with van der Waals surface area (Å²) in [6.45, 7) is 9.64. The molecule has 0 bridgehead atoms. The van der Waals surface area contributed by atoms with Gasteiger partial charge in [-0.2, -0.15) is 0 Å². The second-order valence-electron chi connectivity index (χ2n) is 11.8. The molecule has 0 saturated carbocycles. The Balaban J connectivity index is -0.0000000177. The Morgan fingerprint density at radius 1 is 0.511 bits per heavy atom. The lowest BCUT2D eigenvalue weighted by Crippen LogP contribution is -2.29. The Morgan fingerprint density at radius 3 is 0.935 bits per heavy atom. The number of halogens is 6. The van der Waals surface area contributed by atoms with Gasteiger partial charge in [0.15, 0.2) is 5.90 Å². The van der Waals surface area contributed by atoms with Crippen molar-refractivity contribution in [1.29, 1.82) is 0 Å². The first-order chi connectivity index (χ1) is 31.6. The van der Waals surface area contributed by atoms with Crippen LogP contribution in [0.3, 0.4) is 0 Å².